The Morgan fingerprint density at radius 2 is 1.88 bits per heavy atom. The molecule has 2 aromatic carbocycles. The topological polar surface area (TPSA) is 132 Å². The number of aliphatic carboxylic acids is 1. The number of aromatic nitrogens is 1. The van der Waals surface area contributed by atoms with E-state index in [9.17, 15) is 19.5 Å². The average molecular weight is 461 g/mol. The van der Waals surface area contributed by atoms with Crippen molar-refractivity contribution in [2.75, 3.05) is 6.54 Å². The molecule has 3 N–H and O–H groups in total. The minimum absolute atomic E-state index is 0.194. The number of thioether (sulfide) groups is 1. The Kier molecular flexibility index (Phi) is 6.20. The number of amides is 1. The van der Waals surface area contributed by atoms with Gasteiger partial charge in [-0.25, -0.2) is 0 Å². The molecule has 0 atom stereocenters. The second-order valence-electron chi connectivity index (χ2n) is 7.50. The smallest absolute Gasteiger partial charge is 0.322 e. The van der Waals surface area contributed by atoms with E-state index in [1.807, 2.05) is 36.4 Å². The van der Waals surface area contributed by atoms with Gasteiger partial charge in [0.2, 0.25) is 0 Å². The maximum atomic E-state index is 13.2. The number of hydrogen-bond acceptors (Lipinski definition) is 6. The summed E-state index contributed by atoms with van der Waals surface area (Å²) in [6.45, 7) is -0.461. The van der Waals surface area contributed by atoms with Crippen LogP contribution in [0.2, 0.25) is 0 Å². The van der Waals surface area contributed by atoms with Gasteiger partial charge in [-0.15, -0.1) is 0 Å². The Balaban J connectivity index is 1.68. The number of benzene rings is 2. The summed E-state index contributed by atoms with van der Waals surface area (Å²) in [6, 6.07) is 16.9. The average Bonchev–Trinajstić information content (AvgIpc) is 3.31. The van der Waals surface area contributed by atoms with Crippen LogP contribution < -0.4 is 10.9 Å². The third-order valence-electron chi connectivity index (χ3n) is 5.39. The number of nitriles is 1. The number of nitrogens with one attached hydrogen (secondary N) is 1. The SMILES string of the molecule is N#Cc1cccc(-c2ccc(Cn3c4c(c(O)c(C(=O)NCC(=O)O)c3=O)CSC4)cc2)c1. The fourth-order valence-corrected chi connectivity index (χ4v) is 4.88. The first-order valence-electron chi connectivity index (χ1n) is 10.0. The summed E-state index contributed by atoms with van der Waals surface area (Å²) in [5.74, 6) is -1.57. The van der Waals surface area contributed by atoms with E-state index in [2.05, 4.69) is 11.4 Å². The van der Waals surface area contributed by atoms with Gasteiger partial charge >= 0.3 is 5.97 Å². The van der Waals surface area contributed by atoms with E-state index in [-0.39, 0.29) is 12.3 Å². The molecule has 0 spiro atoms. The minimum atomic E-state index is -1.25. The molecule has 166 valence electrons. The molecule has 0 bridgehead atoms. The number of carbonyl (C=O) groups is 2. The maximum Gasteiger partial charge on any atom is 0.322 e. The molecule has 1 aromatic heterocycles. The molecule has 2 heterocycles. The molecular weight excluding hydrogens is 442 g/mol. The van der Waals surface area contributed by atoms with Crippen LogP contribution in [0.3, 0.4) is 0 Å². The quantitative estimate of drug-likeness (QED) is 0.514. The second kappa shape index (κ2) is 9.22. The van der Waals surface area contributed by atoms with Crippen LogP contribution in [0.1, 0.15) is 32.7 Å². The van der Waals surface area contributed by atoms with Crippen LogP contribution in [0.15, 0.2) is 53.3 Å². The molecule has 0 saturated carbocycles. The van der Waals surface area contributed by atoms with Crippen molar-refractivity contribution in [1.82, 2.24) is 9.88 Å². The van der Waals surface area contributed by atoms with E-state index in [4.69, 9.17) is 10.4 Å². The third kappa shape index (κ3) is 4.47. The first-order chi connectivity index (χ1) is 15.9. The molecule has 3 aromatic rings. The van der Waals surface area contributed by atoms with Crippen LogP contribution in [-0.2, 0) is 22.8 Å². The first kappa shape index (κ1) is 22.2. The van der Waals surface area contributed by atoms with Gasteiger partial charge in [0.1, 0.15) is 17.9 Å². The van der Waals surface area contributed by atoms with Gasteiger partial charge in [0.05, 0.1) is 18.2 Å². The molecule has 1 amide bonds. The highest BCUT2D eigenvalue weighted by Gasteiger charge is 2.28. The molecule has 8 nitrogen and oxygen atoms in total. The zero-order valence-corrected chi connectivity index (χ0v) is 18.2. The van der Waals surface area contributed by atoms with Crippen molar-refractivity contribution in [3.8, 4) is 22.9 Å². The lowest BCUT2D eigenvalue weighted by Crippen LogP contribution is -2.37. The number of hydrogen-bond donors (Lipinski definition) is 3. The molecule has 4 rings (SSSR count). The Morgan fingerprint density at radius 3 is 2.58 bits per heavy atom. The normalized spacial score (nSPS) is 12.1. The Hall–Kier alpha value is -4.03. The Bertz CT molecular complexity index is 1360. The molecule has 1 aliphatic heterocycles. The molecule has 1 aliphatic rings. The van der Waals surface area contributed by atoms with E-state index >= 15 is 0 Å². The molecule has 0 saturated heterocycles. The number of aromatic hydroxyl groups is 1. The fraction of sp³-hybridized carbons (Fsp3) is 0.167. The van der Waals surface area contributed by atoms with Gasteiger partial charge in [0, 0.05) is 22.8 Å². The van der Waals surface area contributed by atoms with E-state index in [1.54, 1.807) is 12.1 Å². The van der Waals surface area contributed by atoms with E-state index in [1.165, 1.54) is 16.3 Å². The van der Waals surface area contributed by atoms with Gasteiger partial charge in [-0.3, -0.25) is 14.4 Å². The highest BCUT2D eigenvalue weighted by atomic mass is 32.2. The fourth-order valence-electron chi connectivity index (χ4n) is 3.75. The Labute approximate surface area is 193 Å². The standard InChI is InChI=1S/C24H19N3O5S/c25-9-15-2-1-3-17(8-15)16-6-4-14(5-7-16)11-27-19-13-33-12-18(19)22(30)21(24(27)32)23(31)26-10-20(28)29/h1-8,30H,10-13H2,(H,26,31)(H,28,29). The number of carboxylic acids is 1. The lowest BCUT2D eigenvalue weighted by Gasteiger charge is -2.16. The second-order valence-corrected chi connectivity index (χ2v) is 8.48. The van der Waals surface area contributed by atoms with Gasteiger partial charge in [-0.1, -0.05) is 36.4 Å². The molecule has 0 aliphatic carbocycles. The number of fused-ring (bicyclic) bond motifs is 1. The first-order valence-corrected chi connectivity index (χ1v) is 11.2. The maximum absolute atomic E-state index is 13.2. The summed E-state index contributed by atoms with van der Waals surface area (Å²) >= 11 is 1.52. The summed E-state index contributed by atoms with van der Waals surface area (Å²) in [7, 11) is 0. The zero-order chi connectivity index (χ0) is 23.5. The molecule has 33 heavy (non-hydrogen) atoms. The zero-order valence-electron chi connectivity index (χ0n) is 17.4. The lowest BCUT2D eigenvalue weighted by molar-refractivity contribution is -0.135. The number of carboxylic acid groups (broad SMARTS) is 1. The number of nitrogens with zero attached hydrogens (tertiary/aromatic N) is 2. The largest absolute Gasteiger partial charge is 0.507 e. The lowest BCUT2D eigenvalue weighted by atomic mass is 10.0. The van der Waals surface area contributed by atoms with Crippen molar-refractivity contribution in [2.45, 2.75) is 18.1 Å². The predicted octanol–water partition coefficient (Wildman–Crippen LogP) is 2.70. The monoisotopic (exact) mass is 461 g/mol. The van der Waals surface area contributed by atoms with Crippen LogP contribution in [0, 0.1) is 11.3 Å². The number of pyridine rings is 1. The van der Waals surface area contributed by atoms with Crippen LogP contribution in [0.5, 0.6) is 5.75 Å². The predicted molar refractivity (Wildman–Crippen MR) is 123 cm³/mol. The van der Waals surface area contributed by atoms with Crippen molar-refractivity contribution in [1.29, 1.82) is 5.26 Å². The Morgan fingerprint density at radius 1 is 1.12 bits per heavy atom. The highest BCUT2D eigenvalue weighted by Crippen LogP contribution is 2.36. The number of carbonyl (C=O) groups excluding carboxylic acids is 1. The van der Waals surface area contributed by atoms with Crippen molar-refractivity contribution in [2.24, 2.45) is 0 Å². The van der Waals surface area contributed by atoms with Crippen LogP contribution >= 0.6 is 11.8 Å². The van der Waals surface area contributed by atoms with E-state index in [0.717, 1.165) is 16.7 Å². The molecule has 9 heteroatoms. The molecule has 0 radical (unpaired) electrons. The van der Waals surface area contributed by atoms with Crippen molar-refractivity contribution >= 4 is 23.6 Å². The summed E-state index contributed by atoms with van der Waals surface area (Å²) in [5, 5.41) is 30.6. The number of rotatable bonds is 6. The van der Waals surface area contributed by atoms with E-state index in [0.29, 0.717) is 28.3 Å². The summed E-state index contributed by atoms with van der Waals surface area (Å²) < 4.78 is 1.47. The van der Waals surface area contributed by atoms with E-state index < -0.39 is 29.5 Å². The molecular formula is C24H19N3O5S. The van der Waals surface area contributed by atoms with Crippen molar-refractivity contribution in [3.63, 3.8) is 0 Å². The highest BCUT2D eigenvalue weighted by molar-refractivity contribution is 7.98. The van der Waals surface area contributed by atoms with Gasteiger partial charge < -0.3 is 20.1 Å². The summed E-state index contributed by atoms with van der Waals surface area (Å²) in [6.07, 6.45) is 0. The minimum Gasteiger partial charge on any atom is -0.507 e. The molecule has 0 unspecified atom stereocenters. The summed E-state index contributed by atoms with van der Waals surface area (Å²) in [4.78, 5) is 36.4. The summed E-state index contributed by atoms with van der Waals surface area (Å²) in [5.41, 5.74) is 3.27. The van der Waals surface area contributed by atoms with Crippen molar-refractivity contribution in [3.05, 3.63) is 86.8 Å². The van der Waals surface area contributed by atoms with Gasteiger partial charge in [0.25, 0.3) is 11.5 Å². The van der Waals surface area contributed by atoms with Crippen molar-refractivity contribution < 1.29 is 19.8 Å². The molecule has 0 fully saturated rings. The van der Waals surface area contributed by atoms with Crippen LogP contribution in [-0.4, -0.2) is 33.2 Å². The third-order valence-corrected chi connectivity index (χ3v) is 6.36. The van der Waals surface area contributed by atoms with Crippen LogP contribution in [0.4, 0.5) is 0 Å². The van der Waals surface area contributed by atoms with Gasteiger partial charge in [-0.2, -0.15) is 17.0 Å². The van der Waals surface area contributed by atoms with Gasteiger partial charge in [-0.05, 0) is 28.8 Å². The van der Waals surface area contributed by atoms with Gasteiger partial charge in [0.15, 0.2) is 0 Å². The van der Waals surface area contributed by atoms with Crippen LogP contribution in [0.25, 0.3) is 11.1 Å².